The highest BCUT2D eigenvalue weighted by Gasteiger charge is 2.17. The van der Waals surface area contributed by atoms with Gasteiger partial charge in [-0.2, -0.15) is 0 Å². The Kier molecular flexibility index (Phi) is 5.73. The third-order valence-electron chi connectivity index (χ3n) is 5.42. The van der Waals surface area contributed by atoms with Crippen LogP contribution >= 0.6 is 11.8 Å². The van der Waals surface area contributed by atoms with Crippen molar-refractivity contribution < 1.29 is 4.42 Å². The number of rotatable bonds is 7. The van der Waals surface area contributed by atoms with Crippen LogP contribution in [0.5, 0.6) is 0 Å². The van der Waals surface area contributed by atoms with Crippen molar-refractivity contribution in [2.75, 3.05) is 5.75 Å². The Morgan fingerprint density at radius 1 is 0.938 bits per heavy atom. The van der Waals surface area contributed by atoms with Gasteiger partial charge in [0.15, 0.2) is 22.5 Å². The Hall–Kier alpha value is -3.45. The molecule has 0 aliphatic rings. The molecule has 7 heteroatoms. The summed E-state index contributed by atoms with van der Waals surface area (Å²) in [7, 11) is 0. The molecule has 5 rings (SSSR count). The van der Waals surface area contributed by atoms with Gasteiger partial charge < -0.3 is 4.42 Å². The number of oxazole rings is 1. The molecule has 0 saturated carbocycles. The molecule has 0 aliphatic heterocycles. The lowest BCUT2D eigenvalue weighted by molar-refractivity contribution is 0.526. The largest absolute Gasteiger partial charge is 0.441 e. The summed E-state index contributed by atoms with van der Waals surface area (Å²) in [6, 6.07) is 18.2. The highest BCUT2D eigenvalue weighted by Crippen LogP contribution is 2.29. The van der Waals surface area contributed by atoms with Crippen LogP contribution in [-0.2, 0) is 6.42 Å². The summed E-state index contributed by atoms with van der Waals surface area (Å²) in [5, 5.41) is 9.90. The summed E-state index contributed by atoms with van der Waals surface area (Å²) in [6.45, 7) is 4.25. The fourth-order valence-electron chi connectivity index (χ4n) is 3.56. The van der Waals surface area contributed by atoms with Crippen LogP contribution in [0.1, 0.15) is 23.4 Å². The van der Waals surface area contributed by atoms with Gasteiger partial charge in [-0.1, -0.05) is 30.0 Å². The van der Waals surface area contributed by atoms with Gasteiger partial charge in [0.05, 0.1) is 5.69 Å². The molecule has 6 nitrogen and oxygen atoms in total. The van der Waals surface area contributed by atoms with Crippen molar-refractivity contribution in [1.82, 2.24) is 24.7 Å². The lowest BCUT2D eigenvalue weighted by Crippen LogP contribution is -2.01. The maximum absolute atomic E-state index is 5.84. The predicted octanol–water partition coefficient (Wildman–Crippen LogP) is 5.81. The molecule has 2 aromatic carbocycles. The molecule has 0 bridgehead atoms. The normalized spacial score (nSPS) is 11.3. The van der Waals surface area contributed by atoms with Crippen molar-refractivity contribution in [3.8, 4) is 17.1 Å². The molecule has 0 amide bonds. The zero-order chi connectivity index (χ0) is 21.9. The molecule has 0 unspecified atom stereocenters. The van der Waals surface area contributed by atoms with Crippen molar-refractivity contribution >= 4 is 22.9 Å². The Labute approximate surface area is 190 Å². The molecule has 3 aromatic heterocycles. The van der Waals surface area contributed by atoms with E-state index in [4.69, 9.17) is 4.42 Å². The summed E-state index contributed by atoms with van der Waals surface area (Å²) in [5.41, 5.74) is 6.30. The molecule has 0 N–H and O–H groups in total. The fraction of sp³-hybridized carbons (Fsp3) is 0.200. The number of aryl methyl sites for hydroxylation is 3. The van der Waals surface area contributed by atoms with Crippen molar-refractivity contribution in [1.29, 1.82) is 0 Å². The second-order valence-corrected chi connectivity index (χ2v) is 8.74. The van der Waals surface area contributed by atoms with Crippen molar-refractivity contribution in [3.05, 3.63) is 84.0 Å². The smallest absolute Gasteiger partial charge is 0.196 e. The van der Waals surface area contributed by atoms with Gasteiger partial charge in [0.25, 0.3) is 0 Å². The van der Waals surface area contributed by atoms with E-state index in [-0.39, 0.29) is 0 Å². The van der Waals surface area contributed by atoms with Crippen LogP contribution in [0.15, 0.2) is 76.6 Å². The van der Waals surface area contributed by atoms with Gasteiger partial charge in [0, 0.05) is 30.1 Å². The van der Waals surface area contributed by atoms with Gasteiger partial charge in [0.1, 0.15) is 5.52 Å². The second-order valence-electron chi connectivity index (χ2n) is 7.67. The molecule has 0 aliphatic carbocycles. The van der Waals surface area contributed by atoms with Crippen molar-refractivity contribution in [2.45, 2.75) is 31.8 Å². The van der Waals surface area contributed by atoms with Crippen LogP contribution in [0.2, 0.25) is 0 Å². The van der Waals surface area contributed by atoms with E-state index in [2.05, 4.69) is 56.8 Å². The number of aromatic nitrogens is 5. The predicted molar refractivity (Wildman–Crippen MR) is 127 cm³/mol. The van der Waals surface area contributed by atoms with Crippen molar-refractivity contribution in [3.63, 3.8) is 0 Å². The van der Waals surface area contributed by atoms with Crippen LogP contribution < -0.4 is 0 Å². The second kappa shape index (κ2) is 8.96. The van der Waals surface area contributed by atoms with Crippen LogP contribution in [0.3, 0.4) is 0 Å². The Morgan fingerprint density at radius 3 is 2.59 bits per heavy atom. The van der Waals surface area contributed by atoms with E-state index in [1.807, 2.05) is 36.4 Å². The van der Waals surface area contributed by atoms with E-state index in [1.165, 1.54) is 11.1 Å². The first-order chi connectivity index (χ1) is 15.7. The highest BCUT2D eigenvalue weighted by molar-refractivity contribution is 7.99. The number of hydrogen-bond acceptors (Lipinski definition) is 6. The molecule has 32 heavy (non-hydrogen) atoms. The van der Waals surface area contributed by atoms with Gasteiger partial charge in [-0.15, -0.1) is 10.2 Å². The molecular formula is C25H23N5OS. The molecule has 0 saturated heterocycles. The number of fused-ring (bicyclic) bond motifs is 1. The Balaban J connectivity index is 1.37. The quantitative estimate of drug-likeness (QED) is 0.234. The minimum atomic E-state index is 0.778. The number of thioether (sulfide) groups is 1. The monoisotopic (exact) mass is 441 g/mol. The molecule has 5 aromatic rings. The minimum Gasteiger partial charge on any atom is -0.441 e. The average molecular weight is 442 g/mol. The first-order valence-electron chi connectivity index (χ1n) is 10.6. The molecule has 0 spiro atoms. The van der Waals surface area contributed by atoms with E-state index < -0.39 is 0 Å². The number of nitrogens with zero attached hydrogens (tertiary/aromatic N) is 5. The van der Waals surface area contributed by atoms with Crippen LogP contribution in [-0.4, -0.2) is 30.5 Å². The van der Waals surface area contributed by atoms with Gasteiger partial charge in [0.2, 0.25) is 0 Å². The maximum Gasteiger partial charge on any atom is 0.196 e. The van der Waals surface area contributed by atoms with Crippen LogP contribution in [0.25, 0.3) is 28.2 Å². The summed E-state index contributed by atoms with van der Waals surface area (Å²) < 4.78 is 7.97. The number of para-hydroxylation sites is 2. The van der Waals surface area contributed by atoms with Gasteiger partial charge in [-0.05, 0) is 67.8 Å². The minimum absolute atomic E-state index is 0.778. The lowest BCUT2D eigenvalue weighted by atomic mass is 10.1. The Bertz CT molecular complexity index is 1330. The third kappa shape index (κ3) is 4.16. The first kappa shape index (κ1) is 20.5. The molecule has 0 atom stereocenters. The van der Waals surface area contributed by atoms with E-state index in [1.54, 1.807) is 24.2 Å². The first-order valence-corrected chi connectivity index (χ1v) is 11.6. The lowest BCUT2D eigenvalue weighted by Gasteiger charge is -2.12. The summed E-state index contributed by atoms with van der Waals surface area (Å²) in [4.78, 5) is 8.70. The molecule has 0 fully saturated rings. The SMILES string of the molecule is Cc1ccc(-n2c(SCCCc3nc4ccccc4o3)nnc2-c2ccncc2)cc1C. The molecule has 0 radical (unpaired) electrons. The van der Waals surface area contributed by atoms with E-state index >= 15 is 0 Å². The molecular weight excluding hydrogens is 418 g/mol. The number of pyridine rings is 1. The zero-order valence-electron chi connectivity index (χ0n) is 18.0. The van der Waals surface area contributed by atoms with Gasteiger partial charge >= 0.3 is 0 Å². The van der Waals surface area contributed by atoms with Gasteiger partial charge in [-0.3, -0.25) is 9.55 Å². The van der Waals surface area contributed by atoms with E-state index in [0.717, 1.165) is 57.8 Å². The van der Waals surface area contributed by atoms with Crippen LogP contribution in [0.4, 0.5) is 0 Å². The summed E-state index contributed by atoms with van der Waals surface area (Å²) >= 11 is 1.70. The Morgan fingerprint density at radius 2 is 1.78 bits per heavy atom. The van der Waals surface area contributed by atoms with Crippen molar-refractivity contribution in [2.24, 2.45) is 0 Å². The fourth-order valence-corrected chi connectivity index (χ4v) is 4.45. The highest BCUT2D eigenvalue weighted by atomic mass is 32.2. The third-order valence-corrected chi connectivity index (χ3v) is 6.44. The molecule has 3 heterocycles. The van der Waals surface area contributed by atoms with E-state index in [0.29, 0.717) is 0 Å². The summed E-state index contributed by atoms with van der Waals surface area (Å²) in [6.07, 6.45) is 5.28. The zero-order valence-corrected chi connectivity index (χ0v) is 18.8. The maximum atomic E-state index is 5.84. The van der Waals surface area contributed by atoms with E-state index in [9.17, 15) is 0 Å². The standard InChI is InChI=1S/C25H23N5OS/c1-17-9-10-20(16-18(17)2)30-24(19-11-13-26-14-12-19)28-29-25(30)32-15-5-8-23-27-21-6-3-4-7-22(21)31-23/h3-4,6-7,9-14,16H,5,8,15H2,1-2H3. The summed E-state index contributed by atoms with van der Waals surface area (Å²) in [5.74, 6) is 2.48. The van der Waals surface area contributed by atoms with Crippen LogP contribution in [0, 0.1) is 13.8 Å². The van der Waals surface area contributed by atoms with Gasteiger partial charge in [-0.25, -0.2) is 4.98 Å². The average Bonchev–Trinajstić information content (AvgIpc) is 3.43. The molecule has 160 valence electrons. The topological polar surface area (TPSA) is 69.6 Å². The number of benzene rings is 2. The number of hydrogen-bond donors (Lipinski definition) is 0.